The second kappa shape index (κ2) is 7.38. The van der Waals surface area contributed by atoms with E-state index in [1.165, 1.54) is 44.9 Å². The number of unbranched alkanes of at least 4 members (excludes halogenated alkanes) is 2. The van der Waals surface area contributed by atoms with Crippen molar-refractivity contribution >= 4 is 0 Å². The van der Waals surface area contributed by atoms with Gasteiger partial charge in [-0.3, -0.25) is 4.90 Å². The van der Waals surface area contributed by atoms with Gasteiger partial charge in [0.2, 0.25) is 0 Å². The van der Waals surface area contributed by atoms with Crippen LogP contribution in [0.3, 0.4) is 0 Å². The van der Waals surface area contributed by atoms with Gasteiger partial charge in [-0.15, -0.1) is 0 Å². The van der Waals surface area contributed by atoms with Crippen molar-refractivity contribution in [1.29, 1.82) is 0 Å². The van der Waals surface area contributed by atoms with Gasteiger partial charge < -0.3 is 5.11 Å². The molecule has 1 unspecified atom stereocenters. The van der Waals surface area contributed by atoms with Gasteiger partial charge in [-0.05, 0) is 32.4 Å². The molecule has 1 N–H and O–H groups in total. The number of likely N-dealkylation sites (N-methyl/N-ethyl adjacent to an activating group) is 1. The number of hydrogen-bond acceptors (Lipinski definition) is 2. The van der Waals surface area contributed by atoms with Crippen molar-refractivity contribution in [2.45, 2.75) is 83.8 Å². The largest absolute Gasteiger partial charge is 0.391 e. The topological polar surface area (TPSA) is 23.5 Å². The molecule has 0 amide bonds. The Balaban J connectivity index is 2.62. The van der Waals surface area contributed by atoms with Crippen molar-refractivity contribution in [1.82, 2.24) is 4.90 Å². The first-order chi connectivity index (χ1) is 8.21. The van der Waals surface area contributed by atoms with Gasteiger partial charge in [-0.25, -0.2) is 0 Å². The predicted octanol–water partition coefficient (Wildman–Crippen LogP) is 3.58. The maximum atomic E-state index is 10.6. The monoisotopic (exact) mass is 241 g/mol. The van der Waals surface area contributed by atoms with Gasteiger partial charge >= 0.3 is 0 Å². The first kappa shape index (κ1) is 15.0. The summed E-state index contributed by atoms with van der Waals surface area (Å²) in [5.41, 5.74) is 0.108. The molecule has 0 heterocycles. The molecule has 1 fully saturated rings. The minimum absolute atomic E-state index is 0.108. The van der Waals surface area contributed by atoms with Crippen LogP contribution in [0.2, 0.25) is 0 Å². The normalized spacial score (nSPS) is 21.0. The number of aliphatic hydroxyl groups excluding tert-OH is 1. The van der Waals surface area contributed by atoms with Crippen LogP contribution in [-0.4, -0.2) is 34.7 Å². The molecule has 0 radical (unpaired) electrons. The third-order valence-corrected chi connectivity index (χ3v) is 4.56. The highest BCUT2D eigenvalue weighted by Gasteiger charge is 2.43. The molecule has 0 aromatic carbocycles. The SMILES string of the molecule is CCCCCC(O)C1(N(CC)CC)CCCC1. The van der Waals surface area contributed by atoms with Gasteiger partial charge in [0.25, 0.3) is 0 Å². The molecular weight excluding hydrogens is 210 g/mol. The minimum Gasteiger partial charge on any atom is -0.391 e. The van der Waals surface area contributed by atoms with Crippen LogP contribution >= 0.6 is 0 Å². The highest BCUT2D eigenvalue weighted by atomic mass is 16.3. The Labute approximate surface area is 107 Å². The molecule has 0 aromatic rings. The molecule has 0 aromatic heterocycles. The van der Waals surface area contributed by atoms with Crippen LogP contribution in [0.1, 0.15) is 72.1 Å². The summed E-state index contributed by atoms with van der Waals surface area (Å²) >= 11 is 0. The van der Waals surface area contributed by atoms with Crippen LogP contribution in [0, 0.1) is 0 Å². The van der Waals surface area contributed by atoms with Gasteiger partial charge in [0.05, 0.1) is 6.10 Å². The molecule has 1 atom stereocenters. The van der Waals surface area contributed by atoms with Crippen LogP contribution in [0.15, 0.2) is 0 Å². The molecule has 1 aliphatic rings. The summed E-state index contributed by atoms with van der Waals surface area (Å²) in [5.74, 6) is 0. The van der Waals surface area contributed by atoms with E-state index in [1.807, 2.05) is 0 Å². The second-order valence-electron chi connectivity index (χ2n) is 5.49. The zero-order valence-electron chi connectivity index (χ0n) is 12.0. The Morgan fingerprint density at radius 1 is 1.06 bits per heavy atom. The molecule has 1 rings (SSSR count). The van der Waals surface area contributed by atoms with E-state index in [0.29, 0.717) is 0 Å². The number of nitrogens with zero attached hydrogens (tertiary/aromatic N) is 1. The summed E-state index contributed by atoms with van der Waals surface area (Å²) in [4.78, 5) is 2.51. The summed E-state index contributed by atoms with van der Waals surface area (Å²) in [7, 11) is 0. The lowest BCUT2D eigenvalue weighted by Crippen LogP contribution is -2.54. The zero-order chi connectivity index (χ0) is 12.7. The highest BCUT2D eigenvalue weighted by Crippen LogP contribution is 2.39. The maximum absolute atomic E-state index is 10.6. The van der Waals surface area contributed by atoms with Gasteiger partial charge in [-0.1, -0.05) is 52.9 Å². The molecule has 0 bridgehead atoms. The van der Waals surface area contributed by atoms with Gasteiger partial charge in [-0.2, -0.15) is 0 Å². The Hall–Kier alpha value is -0.0800. The van der Waals surface area contributed by atoms with E-state index < -0.39 is 0 Å². The molecule has 1 saturated carbocycles. The van der Waals surface area contributed by atoms with Crippen molar-refractivity contribution < 1.29 is 5.11 Å². The second-order valence-corrected chi connectivity index (χ2v) is 5.49. The van der Waals surface area contributed by atoms with E-state index in [4.69, 9.17) is 0 Å². The summed E-state index contributed by atoms with van der Waals surface area (Å²) in [5, 5.41) is 10.6. The van der Waals surface area contributed by atoms with Crippen LogP contribution in [0.5, 0.6) is 0 Å². The van der Waals surface area contributed by atoms with Crippen molar-refractivity contribution in [3.05, 3.63) is 0 Å². The third kappa shape index (κ3) is 3.45. The summed E-state index contributed by atoms with van der Waals surface area (Å²) in [6.07, 6.45) is 9.53. The van der Waals surface area contributed by atoms with Crippen molar-refractivity contribution in [2.24, 2.45) is 0 Å². The Bertz CT molecular complexity index is 195. The number of hydrogen-bond donors (Lipinski definition) is 1. The average molecular weight is 241 g/mol. The zero-order valence-corrected chi connectivity index (χ0v) is 12.0. The third-order valence-electron chi connectivity index (χ3n) is 4.56. The first-order valence-electron chi connectivity index (χ1n) is 7.64. The molecule has 2 heteroatoms. The molecular formula is C15H31NO. The fourth-order valence-corrected chi connectivity index (χ4v) is 3.56. The fourth-order valence-electron chi connectivity index (χ4n) is 3.56. The van der Waals surface area contributed by atoms with E-state index in [9.17, 15) is 5.11 Å². The molecule has 2 nitrogen and oxygen atoms in total. The van der Waals surface area contributed by atoms with Crippen LogP contribution < -0.4 is 0 Å². The lowest BCUT2D eigenvalue weighted by molar-refractivity contribution is -0.0300. The lowest BCUT2D eigenvalue weighted by atomic mass is 9.85. The van der Waals surface area contributed by atoms with Gasteiger partial charge in [0, 0.05) is 5.54 Å². The maximum Gasteiger partial charge on any atom is 0.0723 e. The molecule has 0 saturated heterocycles. The van der Waals surface area contributed by atoms with E-state index in [1.54, 1.807) is 0 Å². The summed E-state index contributed by atoms with van der Waals surface area (Å²) < 4.78 is 0. The van der Waals surface area contributed by atoms with Crippen molar-refractivity contribution in [3.63, 3.8) is 0 Å². The molecule has 0 aliphatic heterocycles. The number of aliphatic hydroxyl groups is 1. The molecule has 17 heavy (non-hydrogen) atoms. The van der Waals surface area contributed by atoms with E-state index in [-0.39, 0.29) is 11.6 Å². The molecule has 0 spiro atoms. The quantitative estimate of drug-likeness (QED) is 0.657. The Morgan fingerprint density at radius 3 is 2.12 bits per heavy atom. The van der Waals surface area contributed by atoms with E-state index in [2.05, 4.69) is 25.7 Å². The Kier molecular flexibility index (Phi) is 6.50. The van der Waals surface area contributed by atoms with Crippen LogP contribution in [0.25, 0.3) is 0 Å². The minimum atomic E-state index is -0.114. The molecule has 1 aliphatic carbocycles. The summed E-state index contributed by atoms with van der Waals surface area (Å²) in [6.45, 7) is 8.81. The van der Waals surface area contributed by atoms with Crippen LogP contribution in [0.4, 0.5) is 0 Å². The van der Waals surface area contributed by atoms with Crippen molar-refractivity contribution in [3.8, 4) is 0 Å². The van der Waals surface area contributed by atoms with Gasteiger partial charge in [0.15, 0.2) is 0 Å². The van der Waals surface area contributed by atoms with E-state index >= 15 is 0 Å². The first-order valence-corrected chi connectivity index (χ1v) is 7.64. The van der Waals surface area contributed by atoms with Gasteiger partial charge in [0.1, 0.15) is 0 Å². The predicted molar refractivity (Wildman–Crippen MR) is 74.3 cm³/mol. The smallest absolute Gasteiger partial charge is 0.0723 e. The highest BCUT2D eigenvalue weighted by molar-refractivity contribution is 4.99. The Morgan fingerprint density at radius 2 is 1.65 bits per heavy atom. The number of rotatable bonds is 8. The van der Waals surface area contributed by atoms with Crippen molar-refractivity contribution in [2.75, 3.05) is 13.1 Å². The standard InChI is InChI=1S/C15H31NO/c1-4-7-8-11-14(17)15(12-9-10-13-15)16(5-2)6-3/h14,17H,4-13H2,1-3H3. The van der Waals surface area contributed by atoms with Crippen LogP contribution in [-0.2, 0) is 0 Å². The fraction of sp³-hybridized carbons (Fsp3) is 1.00. The van der Waals surface area contributed by atoms with E-state index in [0.717, 1.165) is 19.5 Å². The lowest BCUT2D eigenvalue weighted by Gasteiger charge is -2.44. The summed E-state index contributed by atoms with van der Waals surface area (Å²) in [6, 6.07) is 0. The molecule has 102 valence electrons. The average Bonchev–Trinajstić information content (AvgIpc) is 2.81.